The van der Waals surface area contributed by atoms with Gasteiger partial charge in [0.2, 0.25) is 0 Å². The molecule has 2 nitrogen and oxygen atoms in total. The average molecular weight is 250 g/mol. The lowest BCUT2D eigenvalue weighted by Crippen LogP contribution is -2.58. The lowest BCUT2D eigenvalue weighted by Gasteiger charge is -2.59. The molecule has 4 fully saturated rings. The Balaban J connectivity index is 1.76. The van der Waals surface area contributed by atoms with Crippen LogP contribution >= 0.6 is 0 Å². The van der Waals surface area contributed by atoms with Gasteiger partial charge < -0.3 is 10.2 Å². The van der Waals surface area contributed by atoms with Crippen LogP contribution in [0, 0.1) is 23.2 Å². The zero-order valence-corrected chi connectivity index (χ0v) is 12.4. The first-order chi connectivity index (χ1) is 8.65. The summed E-state index contributed by atoms with van der Waals surface area (Å²) in [6.07, 6.45) is 9.21. The molecule has 0 radical (unpaired) electrons. The predicted molar refractivity (Wildman–Crippen MR) is 76.6 cm³/mol. The van der Waals surface area contributed by atoms with E-state index in [-0.39, 0.29) is 0 Å². The summed E-state index contributed by atoms with van der Waals surface area (Å²) in [5.41, 5.74) is 0.646. The van der Waals surface area contributed by atoms with Crippen molar-refractivity contribution >= 4 is 0 Å². The summed E-state index contributed by atoms with van der Waals surface area (Å²) in [6, 6.07) is 0.718. The van der Waals surface area contributed by atoms with E-state index in [1.165, 1.54) is 32.4 Å². The average Bonchev–Trinajstić information content (AvgIpc) is 2.33. The molecule has 0 amide bonds. The first-order valence-electron chi connectivity index (χ1n) is 8.01. The van der Waals surface area contributed by atoms with Gasteiger partial charge >= 0.3 is 0 Å². The van der Waals surface area contributed by atoms with Crippen LogP contribution in [0.5, 0.6) is 0 Å². The van der Waals surface area contributed by atoms with Crippen LogP contribution in [-0.4, -0.2) is 38.1 Å². The number of nitrogens with zero attached hydrogens (tertiary/aromatic N) is 1. The first kappa shape index (κ1) is 12.9. The Labute approximate surface area is 113 Å². The molecule has 0 aromatic carbocycles. The molecule has 1 atom stereocenters. The molecule has 18 heavy (non-hydrogen) atoms. The van der Waals surface area contributed by atoms with Crippen molar-refractivity contribution in [2.24, 2.45) is 23.2 Å². The van der Waals surface area contributed by atoms with Gasteiger partial charge in [0.25, 0.3) is 0 Å². The summed E-state index contributed by atoms with van der Waals surface area (Å²) < 4.78 is 0. The molecule has 2 heteroatoms. The van der Waals surface area contributed by atoms with Crippen LogP contribution in [0.1, 0.15) is 45.4 Å². The molecule has 4 aliphatic carbocycles. The molecule has 0 aromatic rings. The highest BCUT2D eigenvalue weighted by Crippen LogP contribution is 2.61. The second-order valence-corrected chi connectivity index (χ2v) is 7.48. The quantitative estimate of drug-likeness (QED) is 0.807. The molecule has 0 spiro atoms. The van der Waals surface area contributed by atoms with E-state index in [2.05, 4.69) is 31.2 Å². The third-order valence-electron chi connectivity index (χ3n) is 6.21. The van der Waals surface area contributed by atoms with Gasteiger partial charge in [0, 0.05) is 12.6 Å². The lowest BCUT2D eigenvalue weighted by molar-refractivity contribution is -0.0764. The van der Waals surface area contributed by atoms with Crippen molar-refractivity contribution < 1.29 is 0 Å². The van der Waals surface area contributed by atoms with Crippen LogP contribution in [0.2, 0.25) is 0 Å². The smallest absolute Gasteiger partial charge is 0.0248 e. The van der Waals surface area contributed by atoms with E-state index in [9.17, 15) is 0 Å². The number of hydrogen-bond acceptors (Lipinski definition) is 2. The van der Waals surface area contributed by atoms with E-state index in [1.54, 1.807) is 19.3 Å². The molecule has 1 unspecified atom stereocenters. The Bertz CT molecular complexity index is 264. The second-order valence-electron chi connectivity index (χ2n) is 7.48. The van der Waals surface area contributed by atoms with Crippen molar-refractivity contribution in [2.75, 3.05) is 27.2 Å². The Morgan fingerprint density at radius 1 is 1.11 bits per heavy atom. The van der Waals surface area contributed by atoms with Crippen molar-refractivity contribution in [1.82, 2.24) is 10.2 Å². The number of likely N-dealkylation sites (N-methyl/N-ethyl adjacent to an activating group) is 2. The van der Waals surface area contributed by atoms with Crippen molar-refractivity contribution in [3.63, 3.8) is 0 Å². The maximum Gasteiger partial charge on any atom is 0.0248 e. The highest BCUT2D eigenvalue weighted by molar-refractivity contribution is 5.06. The fraction of sp³-hybridized carbons (Fsp3) is 1.00. The van der Waals surface area contributed by atoms with E-state index in [0.717, 1.165) is 23.8 Å². The minimum atomic E-state index is 0.646. The summed E-state index contributed by atoms with van der Waals surface area (Å²) >= 11 is 0. The third kappa shape index (κ3) is 2.12. The highest BCUT2D eigenvalue weighted by atomic mass is 15.1. The second kappa shape index (κ2) is 4.79. The SMILES string of the molecule is CCN(C)CC(NC)C12CC3CC(CC(C3)C1)C2. The van der Waals surface area contributed by atoms with E-state index in [4.69, 9.17) is 0 Å². The van der Waals surface area contributed by atoms with Crippen molar-refractivity contribution in [1.29, 1.82) is 0 Å². The normalized spacial score (nSPS) is 43.7. The maximum atomic E-state index is 3.68. The number of nitrogens with one attached hydrogen (secondary N) is 1. The first-order valence-corrected chi connectivity index (χ1v) is 8.01. The Hall–Kier alpha value is -0.0800. The minimum absolute atomic E-state index is 0.646. The Morgan fingerprint density at radius 3 is 2.00 bits per heavy atom. The molecule has 0 heterocycles. The summed E-state index contributed by atoms with van der Waals surface area (Å²) in [5, 5.41) is 3.68. The van der Waals surface area contributed by atoms with Gasteiger partial charge in [-0.3, -0.25) is 0 Å². The van der Waals surface area contributed by atoms with Crippen molar-refractivity contribution in [2.45, 2.75) is 51.5 Å². The van der Waals surface area contributed by atoms with E-state index >= 15 is 0 Å². The molecule has 4 rings (SSSR count). The molecule has 4 saturated carbocycles. The summed E-state index contributed by atoms with van der Waals surface area (Å²) in [7, 11) is 4.46. The number of rotatable bonds is 5. The fourth-order valence-electron chi connectivity index (χ4n) is 5.64. The van der Waals surface area contributed by atoms with Gasteiger partial charge in [-0.2, -0.15) is 0 Å². The molecule has 0 aromatic heterocycles. The molecule has 0 saturated heterocycles. The van der Waals surface area contributed by atoms with Gasteiger partial charge in [-0.25, -0.2) is 0 Å². The van der Waals surface area contributed by atoms with Gasteiger partial charge in [0.1, 0.15) is 0 Å². The van der Waals surface area contributed by atoms with E-state index in [1.807, 2.05) is 0 Å². The molecule has 1 N–H and O–H groups in total. The summed E-state index contributed by atoms with van der Waals surface area (Å²) in [5.74, 6) is 3.21. The summed E-state index contributed by atoms with van der Waals surface area (Å²) in [6.45, 7) is 4.68. The highest BCUT2D eigenvalue weighted by Gasteiger charge is 2.53. The molecular weight excluding hydrogens is 220 g/mol. The van der Waals surface area contributed by atoms with Gasteiger partial charge in [0.15, 0.2) is 0 Å². The predicted octanol–water partition coefficient (Wildman–Crippen LogP) is 2.74. The summed E-state index contributed by atoms with van der Waals surface area (Å²) in [4.78, 5) is 2.49. The monoisotopic (exact) mass is 250 g/mol. The Kier molecular flexibility index (Phi) is 3.44. The topological polar surface area (TPSA) is 15.3 Å². The maximum absolute atomic E-state index is 3.68. The van der Waals surface area contributed by atoms with Crippen LogP contribution < -0.4 is 5.32 Å². The molecule has 4 aliphatic rings. The van der Waals surface area contributed by atoms with Gasteiger partial charge in [-0.15, -0.1) is 0 Å². The van der Waals surface area contributed by atoms with E-state index < -0.39 is 0 Å². The largest absolute Gasteiger partial charge is 0.315 e. The van der Waals surface area contributed by atoms with Crippen LogP contribution in [0.3, 0.4) is 0 Å². The molecule has 0 aliphatic heterocycles. The van der Waals surface area contributed by atoms with Gasteiger partial charge in [-0.05, 0) is 82.3 Å². The third-order valence-corrected chi connectivity index (χ3v) is 6.21. The molecular formula is C16H30N2. The lowest BCUT2D eigenvalue weighted by atomic mass is 9.47. The van der Waals surface area contributed by atoms with Crippen LogP contribution in [-0.2, 0) is 0 Å². The van der Waals surface area contributed by atoms with Crippen molar-refractivity contribution in [3.05, 3.63) is 0 Å². The standard InChI is InChI=1S/C16H30N2/c1-4-18(3)11-15(17-2)16-8-12-5-13(9-16)7-14(6-12)10-16/h12-15,17H,4-11H2,1-3H3. The van der Waals surface area contributed by atoms with E-state index in [0.29, 0.717) is 5.41 Å². The zero-order valence-electron chi connectivity index (χ0n) is 12.4. The molecule has 104 valence electrons. The van der Waals surface area contributed by atoms with Crippen molar-refractivity contribution in [3.8, 4) is 0 Å². The van der Waals surface area contributed by atoms with Crippen LogP contribution in [0.4, 0.5) is 0 Å². The van der Waals surface area contributed by atoms with Gasteiger partial charge in [-0.1, -0.05) is 6.92 Å². The zero-order chi connectivity index (χ0) is 12.8. The Morgan fingerprint density at radius 2 is 1.61 bits per heavy atom. The molecule has 4 bridgehead atoms. The van der Waals surface area contributed by atoms with Crippen LogP contribution in [0.15, 0.2) is 0 Å². The fourth-order valence-corrected chi connectivity index (χ4v) is 5.64. The number of hydrogen-bond donors (Lipinski definition) is 1. The van der Waals surface area contributed by atoms with Gasteiger partial charge in [0.05, 0.1) is 0 Å². The van der Waals surface area contributed by atoms with Crippen LogP contribution in [0.25, 0.3) is 0 Å². The minimum Gasteiger partial charge on any atom is -0.315 e.